The maximum atomic E-state index is 6.30. The SMILES string of the molecule is Cc1cc(C(Br)c2cc(Br)ccc2Cl)c(C)cc1Br. The third kappa shape index (κ3) is 3.44. The average Bonchev–Trinajstić information content (AvgIpc) is 2.36. The van der Waals surface area contributed by atoms with Crippen molar-refractivity contribution in [1.29, 1.82) is 0 Å². The van der Waals surface area contributed by atoms with Crippen LogP contribution in [0.15, 0.2) is 39.3 Å². The summed E-state index contributed by atoms with van der Waals surface area (Å²) in [7, 11) is 0. The molecule has 19 heavy (non-hydrogen) atoms. The van der Waals surface area contributed by atoms with Crippen LogP contribution in [-0.4, -0.2) is 0 Å². The van der Waals surface area contributed by atoms with Crippen molar-refractivity contribution in [2.45, 2.75) is 18.7 Å². The average molecular weight is 467 g/mol. The summed E-state index contributed by atoms with van der Waals surface area (Å²) in [6, 6.07) is 10.3. The first-order valence-corrected chi connectivity index (χ1v) is 8.63. The lowest BCUT2D eigenvalue weighted by Crippen LogP contribution is -1.98. The van der Waals surface area contributed by atoms with Gasteiger partial charge in [0.1, 0.15) is 0 Å². The van der Waals surface area contributed by atoms with Gasteiger partial charge in [0.25, 0.3) is 0 Å². The Labute approximate surface area is 143 Å². The largest absolute Gasteiger partial charge is 0.0840 e. The summed E-state index contributed by atoms with van der Waals surface area (Å²) in [4.78, 5) is 0.0873. The zero-order valence-electron chi connectivity index (χ0n) is 10.5. The van der Waals surface area contributed by atoms with Gasteiger partial charge in [0.2, 0.25) is 0 Å². The maximum Gasteiger partial charge on any atom is 0.0662 e. The Balaban J connectivity index is 2.52. The van der Waals surface area contributed by atoms with Gasteiger partial charge in [-0.05, 0) is 60.4 Å². The molecule has 0 N–H and O–H groups in total. The number of hydrogen-bond donors (Lipinski definition) is 0. The van der Waals surface area contributed by atoms with E-state index < -0.39 is 0 Å². The fourth-order valence-corrected chi connectivity index (χ4v) is 4.02. The number of hydrogen-bond acceptors (Lipinski definition) is 0. The lowest BCUT2D eigenvalue weighted by atomic mass is 9.98. The van der Waals surface area contributed by atoms with Gasteiger partial charge in [-0.15, -0.1) is 0 Å². The summed E-state index contributed by atoms with van der Waals surface area (Å²) in [6.07, 6.45) is 0. The Kier molecular flexibility index (Phi) is 5.15. The first kappa shape index (κ1) is 15.6. The van der Waals surface area contributed by atoms with Gasteiger partial charge >= 0.3 is 0 Å². The predicted molar refractivity (Wildman–Crippen MR) is 93.5 cm³/mol. The van der Waals surface area contributed by atoms with Crippen LogP contribution in [-0.2, 0) is 0 Å². The van der Waals surface area contributed by atoms with Crippen LogP contribution in [0.3, 0.4) is 0 Å². The van der Waals surface area contributed by atoms with E-state index in [-0.39, 0.29) is 4.83 Å². The molecule has 4 heteroatoms. The molecular formula is C15H12Br3Cl. The highest BCUT2D eigenvalue weighted by molar-refractivity contribution is 9.11. The zero-order chi connectivity index (χ0) is 14.2. The quantitative estimate of drug-likeness (QED) is 0.419. The lowest BCUT2D eigenvalue weighted by Gasteiger charge is -2.17. The van der Waals surface area contributed by atoms with Gasteiger partial charge in [-0.1, -0.05) is 65.5 Å². The molecule has 2 aromatic carbocycles. The van der Waals surface area contributed by atoms with E-state index in [1.807, 2.05) is 12.1 Å². The summed E-state index contributed by atoms with van der Waals surface area (Å²) < 4.78 is 2.16. The topological polar surface area (TPSA) is 0 Å². The molecule has 0 fully saturated rings. The fourth-order valence-electron chi connectivity index (χ4n) is 1.95. The first-order chi connectivity index (χ1) is 8.90. The zero-order valence-corrected chi connectivity index (χ0v) is 16.0. The molecule has 100 valence electrons. The molecule has 0 saturated heterocycles. The third-order valence-corrected chi connectivity index (χ3v) is 5.73. The monoisotopic (exact) mass is 464 g/mol. The molecule has 0 spiro atoms. The molecule has 1 atom stereocenters. The second-order valence-corrected chi connectivity index (χ2v) is 7.58. The van der Waals surface area contributed by atoms with Crippen molar-refractivity contribution < 1.29 is 0 Å². The van der Waals surface area contributed by atoms with E-state index in [2.05, 4.69) is 79.8 Å². The number of aryl methyl sites for hydroxylation is 2. The van der Waals surface area contributed by atoms with Crippen LogP contribution in [0.25, 0.3) is 0 Å². The standard InChI is InChI=1S/C15H12Br3Cl/c1-8-6-13(17)9(2)5-11(8)15(18)12-7-10(16)3-4-14(12)19/h3-7,15H,1-2H3. The molecule has 0 bridgehead atoms. The molecule has 0 aliphatic rings. The molecule has 1 unspecified atom stereocenters. The van der Waals surface area contributed by atoms with Gasteiger partial charge in [0.05, 0.1) is 4.83 Å². The van der Waals surface area contributed by atoms with Crippen LogP contribution in [0.5, 0.6) is 0 Å². The van der Waals surface area contributed by atoms with Gasteiger partial charge in [-0.2, -0.15) is 0 Å². The minimum atomic E-state index is 0.0873. The molecule has 0 aromatic heterocycles. The van der Waals surface area contributed by atoms with Crippen LogP contribution in [0.2, 0.25) is 5.02 Å². The Morgan fingerprint density at radius 3 is 2.32 bits per heavy atom. The molecular weight excluding hydrogens is 455 g/mol. The van der Waals surface area contributed by atoms with Crippen molar-refractivity contribution in [2.75, 3.05) is 0 Å². The highest BCUT2D eigenvalue weighted by Crippen LogP contribution is 2.39. The van der Waals surface area contributed by atoms with Crippen molar-refractivity contribution in [3.05, 3.63) is 66.6 Å². The number of rotatable bonds is 2. The normalized spacial score (nSPS) is 12.5. The Morgan fingerprint density at radius 2 is 1.63 bits per heavy atom. The molecule has 0 aliphatic carbocycles. The van der Waals surface area contributed by atoms with Crippen LogP contribution in [0.4, 0.5) is 0 Å². The van der Waals surface area contributed by atoms with Crippen molar-refractivity contribution >= 4 is 59.4 Å². The Bertz CT molecular complexity index is 623. The minimum absolute atomic E-state index is 0.0873. The number of alkyl halides is 1. The van der Waals surface area contributed by atoms with E-state index >= 15 is 0 Å². The van der Waals surface area contributed by atoms with Crippen molar-refractivity contribution in [3.63, 3.8) is 0 Å². The summed E-state index contributed by atoms with van der Waals surface area (Å²) in [5.74, 6) is 0. The number of halogens is 4. The molecule has 2 aromatic rings. The van der Waals surface area contributed by atoms with Gasteiger partial charge in [-0.25, -0.2) is 0 Å². The summed E-state index contributed by atoms with van der Waals surface area (Å²) in [5.41, 5.74) is 4.76. The minimum Gasteiger partial charge on any atom is -0.0840 e. The van der Waals surface area contributed by atoms with Crippen LogP contribution >= 0.6 is 59.4 Å². The lowest BCUT2D eigenvalue weighted by molar-refractivity contribution is 1.13. The summed E-state index contributed by atoms with van der Waals surface area (Å²) in [6.45, 7) is 4.20. The van der Waals surface area contributed by atoms with E-state index in [0.717, 1.165) is 19.5 Å². The molecule has 0 radical (unpaired) electrons. The predicted octanol–water partition coefficient (Wildman–Crippen LogP) is 6.97. The highest BCUT2D eigenvalue weighted by Gasteiger charge is 2.17. The van der Waals surface area contributed by atoms with E-state index in [0.29, 0.717) is 0 Å². The number of benzene rings is 2. The van der Waals surface area contributed by atoms with Crippen LogP contribution < -0.4 is 0 Å². The Morgan fingerprint density at radius 1 is 0.947 bits per heavy atom. The van der Waals surface area contributed by atoms with Gasteiger partial charge < -0.3 is 0 Å². The smallest absolute Gasteiger partial charge is 0.0662 e. The molecule has 0 heterocycles. The summed E-state index contributed by atoms with van der Waals surface area (Å²) in [5, 5.41) is 0.769. The van der Waals surface area contributed by atoms with E-state index in [1.165, 1.54) is 16.7 Å². The molecule has 0 aliphatic heterocycles. The van der Waals surface area contributed by atoms with Crippen LogP contribution in [0, 0.1) is 13.8 Å². The van der Waals surface area contributed by atoms with E-state index in [4.69, 9.17) is 11.6 Å². The molecule has 2 rings (SSSR count). The Hall–Kier alpha value is 0.170. The van der Waals surface area contributed by atoms with Gasteiger partial charge in [-0.3, -0.25) is 0 Å². The second kappa shape index (κ2) is 6.30. The molecule has 0 saturated carbocycles. The maximum absolute atomic E-state index is 6.30. The van der Waals surface area contributed by atoms with Crippen molar-refractivity contribution in [1.82, 2.24) is 0 Å². The molecule has 0 nitrogen and oxygen atoms in total. The van der Waals surface area contributed by atoms with E-state index in [1.54, 1.807) is 0 Å². The third-order valence-electron chi connectivity index (χ3n) is 3.05. The van der Waals surface area contributed by atoms with Crippen molar-refractivity contribution in [3.8, 4) is 0 Å². The highest BCUT2D eigenvalue weighted by atomic mass is 79.9. The summed E-state index contributed by atoms with van der Waals surface area (Å²) >= 11 is 17.1. The fraction of sp³-hybridized carbons (Fsp3) is 0.200. The van der Waals surface area contributed by atoms with Crippen molar-refractivity contribution in [2.24, 2.45) is 0 Å². The molecule has 0 amide bonds. The van der Waals surface area contributed by atoms with Crippen LogP contribution in [0.1, 0.15) is 27.1 Å². The van der Waals surface area contributed by atoms with Gasteiger partial charge in [0, 0.05) is 14.0 Å². The second-order valence-electron chi connectivity index (χ2n) is 4.49. The van der Waals surface area contributed by atoms with Gasteiger partial charge in [0.15, 0.2) is 0 Å². The first-order valence-electron chi connectivity index (χ1n) is 5.76. The van der Waals surface area contributed by atoms with E-state index in [9.17, 15) is 0 Å².